The molecule has 4 rings (SSSR count). The van der Waals surface area contributed by atoms with E-state index in [9.17, 15) is 0 Å². The van der Waals surface area contributed by atoms with Crippen molar-refractivity contribution in [3.8, 4) is 5.75 Å². The third-order valence-electron chi connectivity index (χ3n) is 5.33. The van der Waals surface area contributed by atoms with Gasteiger partial charge in [0.25, 0.3) is 0 Å². The van der Waals surface area contributed by atoms with E-state index < -0.39 is 0 Å². The average Bonchev–Trinajstić information content (AvgIpc) is 3.22. The van der Waals surface area contributed by atoms with Crippen molar-refractivity contribution in [1.29, 1.82) is 0 Å². The number of ether oxygens (including phenoxy) is 1. The maximum Gasteiger partial charge on any atom is 0.166 e. The van der Waals surface area contributed by atoms with Crippen molar-refractivity contribution in [2.45, 2.75) is 24.3 Å². The average molecular weight is 433 g/mol. The number of aromatic nitrogens is 3. The van der Waals surface area contributed by atoms with Gasteiger partial charge in [-0.15, -0.1) is 0 Å². The van der Waals surface area contributed by atoms with Gasteiger partial charge in [-0.1, -0.05) is 54.2 Å². The van der Waals surface area contributed by atoms with Crippen LogP contribution >= 0.6 is 11.8 Å². The first-order valence-corrected chi connectivity index (χ1v) is 11.5. The minimum absolute atomic E-state index is 0.659. The van der Waals surface area contributed by atoms with Crippen LogP contribution in [0.2, 0.25) is 0 Å². The molecule has 4 aromatic rings. The van der Waals surface area contributed by atoms with Crippen molar-refractivity contribution in [2.75, 3.05) is 26.7 Å². The number of hydrogen-bond donors (Lipinski definition) is 1. The number of rotatable bonds is 10. The Labute approximate surface area is 187 Å². The molecule has 0 bridgehead atoms. The number of thioether (sulfide) groups is 1. The summed E-state index contributed by atoms with van der Waals surface area (Å²) in [6.45, 7) is 4.64. The highest BCUT2D eigenvalue weighted by Gasteiger charge is 2.10. The second-order valence-electron chi connectivity index (χ2n) is 7.62. The molecule has 2 heterocycles. The molecule has 0 aliphatic heterocycles. The summed E-state index contributed by atoms with van der Waals surface area (Å²) in [5, 5.41) is 0.911. The van der Waals surface area contributed by atoms with Gasteiger partial charge in [0, 0.05) is 30.6 Å². The predicted octanol–water partition coefficient (Wildman–Crippen LogP) is 5.11. The van der Waals surface area contributed by atoms with Crippen LogP contribution in [0.15, 0.2) is 72.0 Å². The summed E-state index contributed by atoms with van der Waals surface area (Å²) in [5.41, 5.74) is 5.54. The van der Waals surface area contributed by atoms with Crippen LogP contribution in [0.25, 0.3) is 11.0 Å². The van der Waals surface area contributed by atoms with Crippen molar-refractivity contribution in [1.82, 2.24) is 19.9 Å². The number of likely N-dealkylation sites (N-methyl/N-ethyl adjacent to an activating group) is 1. The summed E-state index contributed by atoms with van der Waals surface area (Å²) in [5.74, 6) is 1.66. The molecular weight excluding hydrogens is 404 g/mol. The maximum atomic E-state index is 6.09. The van der Waals surface area contributed by atoms with E-state index in [1.807, 2.05) is 36.5 Å². The third kappa shape index (κ3) is 5.87. The number of aromatic amines is 1. The molecule has 0 amide bonds. The van der Waals surface area contributed by atoms with Crippen LogP contribution in [-0.4, -0.2) is 46.6 Å². The Hall–Kier alpha value is -2.83. The van der Waals surface area contributed by atoms with E-state index in [4.69, 9.17) is 4.74 Å². The molecule has 160 valence electrons. The number of nitrogens with one attached hydrogen (secondary N) is 1. The Kier molecular flexibility index (Phi) is 7.22. The molecule has 6 heteroatoms. The number of H-pyrrole nitrogens is 1. The number of hydrogen-bond acceptors (Lipinski definition) is 5. The Morgan fingerprint density at radius 1 is 1.00 bits per heavy atom. The molecule has 2 aromatic carbocycles. The van der Waals surface area contributed by atoms with Gasteiger partial charge < -0.3 is 14.6 Å². The molecule has 0 fully saturated rings. The van der Waals surface area contributed by atoms with Crippen LogP contribution in [0, 0.1) is 6.92 Å². The maximum absolute atomic E-state index is 6.09. The molecule has 0 saturated heterocycles. The van der Waals surface area contributed by atoms with E-state index in [1.54, 1.807) is 11.8 Å². The number of imidazole rings is 1. The van der Waals surface area contributed by atoms with Gasteiger partial charge in [-0.25, -0.2) is 4.98 Å². The van der Waals surface area contributed by atoms with E-state index in [1.165, 1.54) is 5.56 Å². The fourth-order valence-corrected chi connectivity index (χ4v) is 4.29. The number of benzene rings is 2. The Morgan fingerprint density at radius 3 is 2.65 bits per heavy atom. The second-order valence-corrected chi connectivity index (χ2v) is 8.58. The molecule has 0 radical (unpaired) electrons. The van der Waals surface area contributed by atoms with E-state index in [2.05, 4.69) is 64.2 Å². The fourth-order valence-electron chi connectivity index (χ4n) is 3.38. The smallest absolute Gasteiger partial charge is 0.166 e. The van der Waals surface area contributed by atoms with Crippen molar-refractivity contribution < 1.29 is 4.74 Å². The minimum Gasteiger partial charge on any atom is -0.492 e. The summed E-state index contributed by atoms with van der Waals surface area (Å²) < 4.78 is 6.09. The van der Waals surface area contributed by atoms with Gasteiger partial charge in [0.2, 0.25) is 0 Å². The number of nitrogens with zero attached hydrogens (tertiary/aromatic N) is 3. The number of fused-ring (bicyclic) bond motifs is 1. The first kappa shape index (κ1) is 21.4. The highest BCUT2D eigenvalue weighted by molar-refractivity contribution is 7.98. The fraction of sp³-hybridized carbons (Fsp3) is 0.280. The summed E-state index contributed by atoms with van der Waals surface area (Å²) in [7, 11) is 2.14. The topological polar surface area (TPSA) is 54.0 Å². The normalized spacial score (nSPS) is 11.3. The minimum atomic E-state index is 0.659. The Balaban J connectivity index is 1.27. The molecule has 0 spiro atoms. The lowest BCUT2D eigenvalue weighted by Crippen LogP contribution is -2.26. The lowest BCUT2D eigenvalue weighted by Gasteiger charge is -2.18. The molecular formula is C25H28N4OS. The van der Waals surface area contributed by atoms with Crippen molar-refractivity contribution in [2.24, 2.45) is 0 Å². The summed E-state index contributed by atoms with van der Waals surface area (Å²) in [6.07, 6.45) is 2.88. The summed E-state index contributed by atoms with van der Waals surface area (Å²) in [4.78, 5) is 14.9. The monoisotopic (exact) mass is 432 g/mol. The Morgan fingerprint density at radius 2 is 1.81 bits per heavy atom. The van der Waals surface area contributed by atoms with Crippen LogP contribution in [0.1, 0.15) is 16.8 Å². The van der Waals surface area contributed by atoms with Crippen molar-refractivity contribution in [3.05, 3.63) is 83.7 Å². The van der Waals surface area contributed by atoms with Crippen LogP contribution in [0.3, 0.4) is 0 Å². The molecule has 0 atom stereocenters. The molecule has 0 aliphatic rings. The van der Waals surface area contributed by atoms with Gasteiger partial charge in [0.05, 0.1) is 16.7 Å². The zero-order valence-electron chi connectivity index (χ0n) is 18.0. The second kappa shape index (κ2) is 10.5. The van der Waals surface area contributed by atoms with Gasteiger partial charge in [0.1, 0.15) is 12.4 Å². The van der Waals surface area contributed by atoms with Gasteiger partial charge in [-0.3, -0.25) is 4.98 Å². The molecule has 0 aliphatic carbocycles. The summed E-state index contributed by atoms with van der Waals surface area (Å²) in [6, 6.07) is 20.6. The van der Waals surface area contributed by atoms with Crippen molar-refractivity contribution in [3.63, 3.8) is 0 Å². The van der Waals surface area contributed by atoms with Crippen LogP contribution in [0.4, 0.5) is 0 Å². The molecule has 0 unspecified atom stereocenters. The molecule has 31 heavy (non-hydrogen) atoms. The highest BCUT2D eigenvalue weighted by atomic mass is 32.2. The van der Waals surface area contributed by atoms with Crippen LogP contribution in [-0.2, 0) is 12.2 Å². The van der Waals surface area contributed by atoms with E-state index in [0.29, 0.717) is 6.61 Å². The number of para-hydroxylation sites is 2. The standard InChI is InChI=1S/C25H28N4OS/c1-19-23(18-31-25-27-21-10-6-7-11-22(21)28-25)26-14-12-24(19)30-17-16-29(2)15-13-20-8-4-3-5-9-20/h3-12,14H,13,15-18H2,1-2H3,(H,27,28). The molecule has 0 saturated carbocycles. The SMILES string of the molecule is Cc1c(OCCN(C)CCc2ccccc2)ccnc1CSc1nc2ccccc2[nH]1. The van der Waals surface area contributed by atoms with Crippen LogP contribution in [0.5, 0.6) is 5.75 Å². The van der Waals surface area contributed by atoms with Gasteiger partial charge in [-0.2, -0.15) is 0 Å². The first-order valence-electron chi connectivity index (χ1n) is 10.6. The zero-order chi connectivity index (χ0) is 21.5. The zero-order valence-corrected chi connectivity index (χ0v) is 18.9. The quantitative estimate of drug-likeness (QED) is 0.353. The predicted molar refractivity (Wildman–Crippen MR) is 128 cm³/mol. The van der Waals surface area contributed by atoms with Gasteiger partial charge >= 0.3 is 0 Å². The largest absolute Gasteiger partial charge is 0.492 e. The molecule has 2 aromatic heterocycles. The van der Waals surface area contributed by atoms with Crippen LogP contribution < -0.4 is 4.74 Å². The Bertz CT molecular complexity index is 1080. The van der Waals surface area contributed by atoms with E-state index >= 15 is 0 Å². The lowest BCUT2D eigenvalue weighted by atomic mass is 10.1. The first-order chi connectivity index (χ1) is 15.2. The van der Waals surface area contributed by atoms with Gasteiger partial charge in [0.15, 0.2) is 5.16 Å². The lowest BCUT2D eigenvalue weighted by molar-refractivity contribution is 0.237. The molecule has 5 nitrogen and oxygen atoms in total. The van der Waals surface area contributed by atoms with E-state index in [-0.39, 0.29) is 0 Å². The van der Waals surface area contributed by atoms with E-state index in [0.717, 1.165) is 58.5 Å². The third-order valence-corrected chi connectivity index (χ3v) is 6.21. The number of pyridine rings is 1. The van der Waals surface area contributed by atoms with Crippen molar-refractivity contribution >= 4 is 22.8 Å². The molecule has 1 N–H and O–H groups in total. The van der Waals surface area contributed by atoms with Gasteiger partial charge in [-0.05, 0) is 44.2 Å². The highest BCUT2D eigenvalue weighted by Crippen LogP contribution is 2.27. The summed E-state index contributed by atoms with van der Waals surface area (Å²) >= 11 is 1.66.